The standard InChI is InChI=1S/C31H27NO5/c1-20-14-16-22(17-15-20)37-29-13-7-2-8-21(29)18-28(30(33)34)32-31(35)36-19-27-25-11-5-3-9-23(25)24-10-4-6-12-26(24)27/h2-17,27-28H,18-19H2,1H3,(H,32,35)(H,33,34). The first kappa shape index (κ1) is 24.1. The van der Waals surface area contributed by atoms with Crippen molar-refractivity contribution in [1.29, 1.82) is 0 Å². The number of carboxylic acid groups (broad SMARTS) is 1. The highest BCUT2D eigenvalue weighted by Crippen LogP contribution is 2.44. The minimum absolute atomic E-state index is 0.0432. The number of ether oxygens (including phenoxy) is 2. The van der Waals surface area contributed by atoms with E-state index in [1.165, 1.54) is 0 Å². The number of benzene rings is 4. The normalized spacial score (nSPS) is 12.8. The Morgan fingerprint density at radius 1 is 0.838 bits per heavy atom. The van der Waals surface area contributed by atoms with Crippen molar-refractivity contribution in [3.8, 4) is 22.6 Å². The molecule has 6 heteroatoms. The van der Waals surface area contributed by atoms with Crippen LogP contribution in [0.3, 0.4) is 0 Å². The molecule has 0 saturated heterocycles. The number of nitrogens with one attached hydrogen (secondary N) is 1. The van der Waals surface area contributed by atoms with Crippen molar-refractivity contribution in [2.75, 3.05) is 6.61 Å². The largest absolute Gasteiger partial charge is 0.480 e. The van der Waals surface area contributed by atoms with E-state index in [9.17, 15) is 14.7 Å². The van der Waals surface area contributed by atoms with Crippen LogP contribution in [-0.2, 0) is 16.0 Å². The summed E-state index contributed by atoms with van der Waals surface area (Å²) < 4.78 is 11.5. The molecule has 5 rings (SSSR count). The first-order chi connectivity index (χ1) is 18.0. The summed E-state index contributed by atoms with van der Waals surface area (Å²) in [6, 6.07) is 29.7. The number of hydrogen-bond donors (Lipinski definition) is 2. The molecule has 0 aliphatic heterocycles. The minimum atomic E-state index is -1.18. The van der Waals surface area contributed by atoms with Crippen LogP contribution in [0.5, 0.6) is 11.5 Å². The van der Waals surface area contributed by atoms with Gasteiger partial charge in [-0.05, 0) is 52.9 Å². The molecule has 0 spiro atoms. The first-order valence-corrected chi connectivity index (χ1v) is 12.2. The second-order valence-corrected chi connectivity index (χ2v) is 9.09. The molecule has 1 aliphatic carbocycles. The number of carbonyl (C=O) groups is 2. The van der Waals surface area contributed by atoms with E-state index in [1.54, 1.807) is 12.1 Å². The fourth-order valence-corrected chi connectivity index (χ4v) is 4.71. The van der Waals surface area contributed by atoms with Crippen LogP contribution in [0.25, 0.3) is 11.1 Å². The number of aliphatic carboxylic acids is 1. The Morgan fingerprint density at radius 2 is 1.43 bits per heavy atom. The maximum atomic E-state index is 12.7. The smallest absolute Gasteiger partial charge is 0.407 e. The Bertz CT molecular complexity index is 1380. The Morgan fingerprint density at radius 3 is 2.08 bits per heavy atom. The van der Waals surface area contributed by atoms with Gasteiger partial charge in [0.05, 0.1) is 0 Å². The summed E-state index contributed by atoms with van der Waals surface area (Å²) in [5.74, 6) is -0.0786. The molecule has 2 N–H and O–H groups in total. The molecular weight excluding hydrogens is 466 g/mol. The van der Waals surface area contributed by atoms with E-state index in [0.29, 0.717) is 17.1 Å². The van der Waals surface area contributed by atoms with E-state index in [1.807, 2.05) is 79.7 Å². The van der Waals surface area contributed by atoms with Gasteiger partial charge in [-0.2, -0.15) is 0 Å². The van der Waals surface area contributed by atoms with Gasteiger partial charge in [-0.15, -0.1) is 0 Å². The summed E-state index contributed by atoms with van der Waals surface area (Å²) in [5.41, 5.74) is 6.21. The fraction of sp³-hybridized carbons (Fsp3) is 0.161. The second kappa shape index (κ2) is 10.6. The highest BCUT2D eigenvalue weighted by atomic mass is 16.5. The number of aryl methyl sites for hydroxylation is 1. The molecule has 6 nitrogen and oxygen atoms in total. The number of alkyl carbamates (subject to hydrolysis) is 1. The van der Waals surface area contributed by atoms with Gasteiger partial charge in [0.25, 0.3) is 0 Å². The summed E-state index contributed by atoms with van der Waals surface area (Å²) >= 11 is 0. The lowest BCUT2D eigenvalue weighted by Gasteiger charge is -2.19. The molecule has 1 aliphatic rings. The Kier molecular flexibility index (Phi) is 6.90. The number of para-hydroxylation sites is 1. The van der Waals surface area contributed by atoms with E-state index in [4.69, 9.17) is 9.47 Å². The van der Waals surface area contributed by atoms with Crippen LogP contribution >= 0.6 is 0 Å². The summed E-state index contributed by atoms with van der Waals surface area (Å²) in [4.78, 5) is 24.7. The average Bonchev–Trinajstić information content (AvgIpc) is 3.23. The predicted octanol–water partition coefficient (Wildman–Crippen LogP) is 6.32. The molecule has 0 bridgehead atoms. The number of carbonyl (C=O) groups excluding carboxylic acids is 1. The molecule has 0 saturated carbocycles. The summed E-state index contributed by atoms with van der Waals surface area (Å²) in [6.45, 7) is 2.10. The van der Waals surface area contributed by atoms with Gasteiger partial charge in [0.15, 0.2) is 0 Å². The minimum Gasteiger partial charge on any atom is -0.480 e. The molecule has 1 unspecified atom stereocenters. The summed E-state index contributed by atoms with van der Waals surface area (Å²) in [6.07, 6.45) is -0.729. The van der Waals surface area contributed by atoms with E-state index in [0.717, 1.165) is 27.8 Å². The number of carboxylic acids is 1. The molecule has 0 aromatic heterocycles. The third-order valence-electron chi connectivity index (χ3n) is 6.58. The van der Waals surface area contributed by atoms with Crippen molar-refractivity contribution in [3.63, 3.8) is 0 Å². The second-order valence-electron chi connectivity index (χ2n) is 9.09. The van der Waals surface area contributed by atoms with E-state index >= 15 is 0 Å². The van der Waals surface area contributed by atoms with Crippen molar-refractivity contribution in [2.45, 2.75) is 25.3 Å². The van der Waals surface area contributed by atoms with Gasteiger partial charge >= 0.3 is 12.1 Å². The van der Waals surface area contributed by atoms with Gasteiger partial charge in [-0.25, -0.2) is 9.59 Å². The first-order valence-electron chi connectivity index (χ1n) is 12.2. The van der Waals surface area contributed by atoms with Crippen molar-refractivity contribution in [1.82, 2.24) is 5.32 Å². The van der Waals surface area contributed by atoms with Crippen LogP contribution in [0.15, 0.2) is 97.1 Å². The van der Waals surface area contributed by atoms with Crippen LogP contribution in [0.1, 0.15) is 28.2 Å². The molecule has 4 aromatic rings. The third kappa shape index (κ3) is 5.33. The SMILES string of the molecule is Cc1ccc(Oc2ccccc2CC(NC(=O)OCC2c3ccccc3-c3ccccc32)C(=O)O)cc1. The predicted molar refractivity (Wildman–Crippen MR) is 141 cm³/mol. The Hall–Kier alpha value is -4.58. The van der Waals surface area contributed by atoms with Gasteiger partial charge in [-0.3, -0.25) is 0 Å². The molecule has 37 heavy (non-hydrogen) atoms. The van der Waals surface area contributed by atoms with Gasteiger partial charge in [0.1, 0.15) is 24.1 Å². The van der Waals surface area contributed by atoms with E-state index < -0.39 is 18.1 Å². The monoisotopic (exact) mass is 493 g/mol. The van der Waals surface area contributed by atoms with Crippen LogP contribution in [-0.4, -0.2) is 29.8 Å². The van der Waals surface area contributed by atoms with Gasteiger partial charge in [0.2, 0.25) is 0 Å². The Balaban J connectivity index is 1.26. The lowest BCUT2D eigenvalue weighted by atomic mass is 9.98. The zero-order valence-electron chi connectivity index (χ0n) is 20.4. The number of rotatable bonds is 8. The van der Waals surface area contributed by atoms with Crippen molar-refractivity contribution in [2.24, 2.45) is 0 Å². The van der Waals surface area contributed by atoms with Crippen LogP contribution in [0.2, 0.25) is 0 Å². The number of amides is 1. The van der Waals surface area contributed by atoms with Gasteiger partial charge < -0.3 is 19.9 Å². The van der Waals surface area contributed by atoms with Crippen molar-refractivity contribution in [3.05, 3.63) is 119 Å². The van der Waals surface area contributed by atoms with Crippen molar-refractivity contribution < 1.29 is 24.2 Å². The number of fused-ring (bicyclic) bond motifs is 3. The topological polar surface area (TPSA) is 84.9 Å². The Labute approximate surface area is 215 Å². The van der Waals surface area contributed by atoms with Crippen LogP contribution in [0.4, 0.5) is 4.79 Å². The molecular formula is C31H27NO5. The maximum Gasteiger partial charge on any atom is 0.407 e. The lowest BCUT2D eigenvalue weighted by molar-refractivity contribution is -0.139. The third-order valence-corrected chi connectivity index (χ3v) is 6.58. The van der Waals surface area contributed by atoms with Crippen LogP contribution < -0.4 is 10.1 Å². The molecule has 4 aromatic carbocycles. The van der Waals surface area contributed by atoms with E-state index in [-0.39, 0.29) is 18.9 Å². The summed E-state index contributed by atoms with van der Waals surface area (Å²) in [7, 11) is 0. The van der Waals surface area contributed by atoms with Gasteiger partial charge in [0, 0.05) is 12.3 Å². The molecule has 0 radical (unpaired) electrons. The van der Waals surface area contributed by atoms with Crippen molar-refractivity contribution >= 4 is 12.1 Å². The van der Waals surface area contributed by atoms with Gasteiger partial charge in [-0.1, -0.05) is 84.4 Å². The average molecular weight is 494 g/mol. The van der Waals surface area contributed by atoms with Crippen LogP contribution in [0, 0.1) is 6.92 Å². The molecule has 0 fully saturated rings. The lowest BCUT2D eigenvalue weighted by Crippen LogP contribution is -2.43. The summed E-state index contributed by atoms with van der Waals surface area (Å²) in [5, 5.41) is 12.3. The quantitative estimate of drug-likeness (QED) is 0.300. The molecule has 0 heterocycles. The number of hydrogen-bond acceptors (Lipinski definition) is 4. The molecule has 1 amide bonds. The zero-order valence-corrected chi connectivity index (χ0v) is 20.4. The highest BCUT2D eigenvalue weighted by molar-refractivity contribution is 5.81. The molecule has 186 valence electrons. The fourth-order valence-electron chi connectivity index (χ4n) is 4.71. The zero-order chi connectivity index (χ0) is 25.8. The molecule has 1 atom stereocenters. The highest BCUT2D eigenvalue weighted by Gasteiger charge is 2.30. The maximum absolute atomic E-state index is 12.7. The van der Waals surface area contributed by atoms with E-state index in [2.05, 4.69) is 17.4 Å².